The number of aliphatic hydroxyl groups excluding tert-OH is 1. The zero-order valence-electron chi connectivity index (χ0n) is 16.2. The summed E-state index contributed by atoms with van der Waals surface area (Å²) in [5.74, 6) is -2.50. The number of carbonyl (C=O) groups is 2. The molecule has 29 heavy (non-hydrogen) atoms. The number of nitrogens with zero attached hydrogens (tertiary/aromatic N) is 2. The average molecular weight is 417 g/mol. The van der Waals surface area contributed by atoms with Gasteiger partial charge < -0.3 is 14.9 Å². The van der Waals surface area contributed by atoms with Crippen LogP contribution in [0.3, 0.4) is 0 Å². The molecule has 152 valence electrons. The molecule has 1 heterocycles. The topological polar surface area (TPSA) is 60.9 Å². The van der Waals surface area contributed by atoms with Crippen molar-refractivity contribution < 1.29 is 19.1 Å². The highest BCUT2D eigenvalue weighted by molar-refractivity contribution is 6.46. The molecule has 1 aliphatic heterocycles. The van der Waals surface area contributed by atoms with E-state index in [0.717, 1.165) is 0 Å². The number of likely N-dealkylation sites (tertiary alicyclic amines) is 1. The van der Waals surface area contributed by atoms with Crippen LogP contribution in [0.1, 0.15) is 23.6 Å². The maximum Gasteiger partial charge on any atom is 0.295 e. The zero-order valence-corrected chi connectivity index (χ0v) is 17.0. The van der Waals surface area contributed by atoms with Crippen LogP contribution in [0, 0.1) is 5.82 Å². The molecule has 0 spiro atoms. The van der Waals surface area contributed by atoms with Crippen LogP contribution in [0.25, 0.3) is 5.76 Å². The third kappa shape index (κ3) is 4.33. The fourth-order valence-electron chi connectivity index (χ4n) is 3.48. The van der Waals surface area contributed by atoms with Crippen LogP contribution in [-0.4, -0.2) is 53.8 Å². The Morgan fingerprint density at radius 1 is 1.17 bits per heavy atom. The van der Waals surface area contributed by atoms with Gasteiger partial charge in [-0.15, -0.1) is 0 Å². The first-order chi connectivity index (χ1) is 13.8. The highest BCUT2D eigenvalue weighted by Crippen LogP contribution is 2.40. The Bertz CT molecular complexity index is 974. The largest absolute Gasteiger partial charge is 0.507 e. The highest BCUT2D eigenvalue weighted by Gasteiger charge is 2.46. The number of hydrogen-bond donors (Lipinski definition) is 1. The predicted octanol–water partition coefficient (Wildman–Crippen LogP) is 3.85. The molecule has 7 heteroatoms. The molecule has 3 rings (SSSR count). The summed E-state index contributed by atoms with van der Waals surface area (Å²) in [5, 5.41) is 11.2. The van der Waals surface area contributed by atoms with E-state index in [2.05, 4.69) is 0 Å². The van der Waals surface area contributed by atoms with E-state index in [9.17, 15) is 19.1 Å². The third-order valence-electron chi connectivity index (χ3n) is 4.84. The second-order valence-corrected chi connectivity index (χ2v) is 7.62. The summed E-state index contributed by atoms with van der Waals surface area (Å²) >= 11 is 6.01. The predicted molar refractivity (Wildman–Crippen MR) is 110 cm³/mol. The molecule has 2 aromatic rings. The van der Waals surface area contributed by atoms with Gasteiger partial charge in [0.15, 0.2) is 0 Å². The molecule has 2 aromatic carbocycles. The standard InChI is InChI=1S/C22H22ClFN2O3/c1-25(2)11-6-12-26-19(16-9-3-4-10-17(16)24)18(21(28)22(26)29)20(27)14-7-5-8-15(23)13-14/h3-5,7-10,13,19,27H,6,11-12H2,1-2H3/b20-18-. The van der Waals surface area contributed by atoms with Gasteiger partial charge in [-0.05, 0) is 45.3 Å². The van der Waals surface area contributed by atoms with Gasteiger partial charge in [-0.25, -0.2) is 4.39 Å². The number of hydrogen-bond acceptors (Lipinski definition) is 4. The lowest BCUT2D eigenvalue weighted by Gasteiger charge is -2.26. The van der Waals surface area contributed by atoms with Gasteiger partial charge in [-0.3, -0.25) is 9.59 Å². The average Bonchev–Trinajstić information content (AvgIpc) is 2.92. The van der Waals surface area contributed by atoms with E-state index in [4.69, 9.17) is 11.6 Å². The van der Waals surface area contributed by atoms with Crippen molar-refractivity contribution in [3.63, 3.8) is 0 Å². The molecule has 1 aliphatic rings. The molecule has 5 nitrogen and oxygen atoms in total. The minimum atomic E-state index is -1.00. The molecule has 0 radical (unpaired) electrons. The van der Waals surface area contributed by atoms with Crippen LogP contribution < -0.4 is 0 Å². The maximum atomic E-state index is 14.6. The summed E-state index contributed by atoms with van der Waals surface area (Å²) in [6, 6.07) is 11.3. The monoisotopic (exact) mass is 416 g/mol. The number of halogens is 2. The van der Waals surface area contributed by atoms with Crippen LogP contribution in [-0.2, 0) is 9.59 Å². The smallest absolute Gasteiger partial charge is 0.295 e. The lowest BCUT2D eigenvalue weighted by molar-refractivity contribution is -0.140. The van der Waals surface area contributed by atoms with Crippen molar-refractivity contribution in [2.45, 2.75) is 12.5 Å². The molecular formula is C22H22ClFN2O3. The van der Waals surface area contributed by atoms with Crippen LogP contribution in [0.5, 0.6) is 0 Å². The molecule has 1 atom stereocenters. The second-order valence-electron chi connectivity index (χ2n) is 7.18. The van der Waals surface area contributed by atoms with E-state index in [1.165, 1.54) is 29.2 Å². The summed E-state index contributed by atoms with van der Waals surface area (Å²) in [6.07, 6.45) is 0.599. The third-order valence-corrected chi connectivity index (χ3v) is 5.08. The fraction of sp³-hybridized carbons (Fsp3) is 0.273. The van der Waals surface area contributed by atoms with Gasteiger partial charge in [0, 0.05) is 22.7 Å². The highest BCUT2D eigenvalue weighted by atomic mass is 35.5. The Labute approximate surface area is 174 Å². The molecule has 0 aliphatic carbocycles. The van der Waals surface area contributed by atoms with Gasteiger partial charge in [0.2, 0.25) is 0 Å². The second kappa shape index (κ2) is 8.76. The normalized spacial score (nSPS) is 18.7. The Hall–Kier alpha value is -2.70. The summed E-state index contributed by atoms with van der Waals surface area (Å²) < 4.78 is 14.6. The van der Waals surface area contributed by atoms with Crippen molar-refractivity contribution in [1.82, 2.24) is 9.80 Å². The van der Waals surface area contributed by atoms with Gasteiger partial charge in [0.1, 0.15) is 11.6 Å². The lowest BCUT2D eigenvalue weighted by atomic mass is 9.95. The van der Waals surface area contributed by atoms with E-state index in [1.54, 1.807) is 24.3 Å². The number of rotatable bonds is 6. The molecular weight excluding hydrogens is 395 g/mol. The SMILES string of the molecule is CN(C)CCCN1C(=O)C(=O)/C(=C(\O)c2cccc(Cl)c2)C1c1ccccc1F. The van der Waals surface area contributed by atoms with Crippen LogP contribution >= 0.6 is 11.6 Å². The number of Topliss-reactive ketones (excluding diaryl/α,β-unsaturated/α-hetero) is 1. The quantitative estimate of drug-likeness (QED) is 0.441. The summed E-state index contributed by atoms with van der Waals surface area (Å²) in [7, 11) is 3.81. The van der Waals surface area contributed by atoms with Gasteiger partial charge in [0.25, 0.3) is 11.7 Å². The van der Waals surface area contributed by atoms with E-state index < -0.39 is 23.5 Å². The molecule has 0 saturated carbocycles. The van der Waals surface area contributed by atoms with Crippen LogP contribution in [0.15, 0.2) is 54.1 Å². The van der Waals surface area contributed by atoms with E-state index in [1.807, 2.05) is 19.0 Å². The minimum absolute atomic E-state index is 0.132. The molecule has 1 amide bonds. The summed E-state index contributed by atoms with van der Waals surface area (Å²) in [6.45, 7) is 0.954. The molecule has 1 saturated heterocycles. The molecule has 1 fully saturated rings. The van der Waals surface area contributed by atoms with Gasteiger partial charge in [-0.2, -0.15) is 0 Å². The summed E-state index contributed by atoms with van der Waals surface area (Å²) in [4.78, 5) is 28.9. The first kappa shape index (κ1) is 21.0. The first-order valence-electron chi connectivity index (χ1n) is 9.24. The number of benzene rings is 2. The van der Waals surface area contributed by atoms with E-state index in [-0.39, 0.29) is 23.4 Å². The molecule has 0 aromatic heterocycles. The number of amides is 1. The number of carbonyl (C=O) groups excluding carboxylic acids is 2. The van der Waals surface area contributed by atoms with Crippen molar-refractivity contribution in [3.8, 4) is 0 Å². The van der Waals surface area contributed by atoms with Crippen molar-refractivity contribution in [3.05, 3.63) is 76.1 Å². The fourth-order valence-corrected chi connectivity index (χ4v) is 3.67. The lowest BCUT2D eigenvalue weighted by Crippen LogP contribution is -2.32. The van der Waals surface area contributed by atoms with Crippen molar-refractivity contribution >= 4 is 29.1 Å². The molecule has 0 bridgehead atoms. The Morgan fingerprint density at radius 2 is 1.90 bits per heavy atom. The van der Waals surface area contributed by atoms with Gasteiger partial charge >= 0.3 is 0 Å². The van der Waals surface area contributed by atoms with Crippen molar-refractivity contribution in [2.24, 2.45) is 0 Å². The first-order valence-corrected chi connectivity index (χ1v) is 9.62. The Balaban J connectivity index is 2.12. The number of aliphatic hydroxyl groups is 1. The molecule has 1 unspecified atom stereocenters. The molecule has 1 N–H and O–H groups in total. The Morgan fingerprint density at radius 3 is 2.55 bits per heavy atom. The van der Waals surface area contributed by atoms with Crippen LogP contribution in [0.2, 0.25) is 5.02 Å². The van der Waals surface area contributed by atoms with Gasteiger partial charge in [0.05, 0.1) is 11.6 Å². The van der Waals surface area contributed by atoms with Crippen molar-refractivity contribution in [2.75, 3.05) is 27.2 Å². The van der Waals surface area contributed by atoms with Gasteiger partial charge in [-0.1, -0.05) is 41.9 Å². The minimum Gasteiger partial charge on any atom is -0.507 e. The number of ketones is 1. The van der Waals surface area contributed by atoms with Crippen LogP contribution in [0.4, 0.5) is 4.39 Å². The maximum absolute atomic E-state index is 14.6. The zero-order chi connectivity index (χ0) is 21.1. The van der Waals surface area contributed by atoms with E-state index in [0.29, 0.717) is 23.6 Å². The van der Waals surface area contributed by atoms with E-state index >= 15 is 0 Å². The summed E-state index contributed by atoms with van der Waals surface area (Å²) in [5.41, 5.74) is 0.331. The Kier molecular flexibility index (Phi) is 6.35. The van der Waals surface area contributed by atoms with Crippen molar-refractivity contribution in [1.29, 1.82) is 0 Å².